The van der Waals surface area contributed by atoms with E-state index in [2.05, 4.69) is 42.2 Å². The molecule has 5 nitrogen and oxygen atoms in total. The van der Waals surface area contributed by atoms with E-state index in [0.717, 1.165) is 22.3 Å². The first kappa shape index (κ1) is 25.2. The van der Waals surface area contributed by atoms with Gasteiger partial charge in [-0.1, -0.05) is 78.9 Å². The topological polar surface area (TPSA) is 84.5 Å². The Balaban J connectivity index is 1.89. The van der Waals surface area contributed by atoms with Crippen LogP contribution in [0.4, 0.5) is 4.39 Å². The smallest absolute Gasteiger partial charge is 0.123 e. The monoisotopic (exact) mass is 459 g/mol. The first-order chi connectivity index (χ1) is 16.5. The lowest BCUT2D eigenvalue weighted by Crippen LogP contribution is -2.38. The maximum absolute atomic E-state index is 13.5. The van der Waals surface area contributed by atoms with Crippen molar-refractivity contribution in [3.05, 3.63) is 125 Å². The van der Waals surface area contributed by atoms with Crippen LogP contribution >= 0.6 is 0 Å². The normalized spacial score (nSPS) is 12.4. The van der Waals surface area contributed by atoms with E-state index in [1.807, 2.05) is 48.5 Å². The number of hydrogen-bond acceptors (Lipinski definition) is 5. The van der Waals surface area contributed by atoms with Gasteiger partial charge in [-0.15, -0.1) is 0 Å². The highest BCUT2D eigenvalue weighted by Crippen LogP contribution is 2.25. The highest BCUT2D eigenvalue weighted by Gasteiger charge is 2.16. The second-order valence-corrected chi connectivity index (χ2v) is 8.22. The van der Waals surface area contributed by atoms with E-state index in [0.29, 0.717) is 25.3 Å². The van der Waals surface area contributed by atoms with Crippen molar-refractivity contribution in [2.45, 2.75) is 13.0 Å². The van der Waals surface area contributed by atoms with Crippen molar-refractivity contribution in [2.24, 2.45) is 17.3 Å². The summed E-state index contributed by atoms with van der Waals surface area (Å²) in [6.45, 7) is 4.30. The minimum atomic E-state index is -0.242. The van der Waals surface area contributed by atoms with Gasteiger partial charge in [0.15, 0.2) is 0 Å². The summed E-state index contributed by atoms with van der Waals surface area (Å²) < 4.78 is 13.5. The molecule has 0 aliphatic heterocycles. The summed E-state index contributed by atoms with van der Waals surface area (Å²) in [5.74, 6) is 5.88. The molecule has 178 valence electrons. The summed E-state index contributed by atoms with van der Waals surface area (Å²) >= 11 is 0. The summed E-state index contributed by atoms with van der Waals surface area (Å²) in [6.07, 6.45) is 3.91. The molecule has 1 atom stereocenters. The Bertz CT molecular complexity index is 1020. The van der Waals surface area contributed by atoms with Crippen molar-refractivity contribution >= 4 is 5.57 Å². The van der Waals surface area contributed by atoms with E-state index in [4.69, 9.17) is 17.3 Å². The van der Waals surface area contributed by atoms with Gasteiger partial charge in [0, 0.05) is 44.1 Å². The lowest BCUT2D eigenvalue weighted by atomic mass is 9.97. The van der Waals surface area contributed by atoms with Crippen LogP contribution in [0.25, 0.3) is 5.57 Å². The molecular formula is C28H34FN5. The van der Waals surface area contributed by atoms with Gasteiger partial charge in [0.05, 0.1) is 0 Å². The third-order valence-corrected chi connectivity index (χ3v) is 5.81. The molecule has 0 bridgehead atoms. The highest BCUT2D eigenvalue weighted by molar-refractivity contribution is 5.79. The van der Waals surface area contributed by atoms with Crippen LogP contribution in [0, 0.1) is 5.82 Å². The van der Waals surface area contributed by atoms with E-state index in [1.165, 1.54) is 12.1 Å². The van der Waals surface area contributed by atoms with Crippen LogP contribution < -0.4 is 17.3 Å². The molecule has 0 spiro atoms. The number of halogens is 1. The van der Waals surface area contributed by atoms with E-state index < -0.39 is 0 Å². The second kappa shape index (κ2) is 12.7. The number of rotatable bonds is 11. The Labute approximate surface area is 201 Å². The molecule has 0 fully saturated rings. The van der Waals surface area contributed by atoms with Gasteiger partial charge < -0.3 is 16.5 Å². The predicted octanol–water partition coefficient (Wildman–Crippen LogP) is 4.26. The van der Waals surface area contributed by atoms with E-state index in [-0.39, 0.29) is 18.4 Å². The Hall–Kier alpha value is -3.45. The Morgan fingerprint density at radius 2 is 1.44 bits per heavy atom. The van der Waals surface area contributed by atoms with Crippen molar-refractivity contribution in [3.63, 3.8) is 0 Å². The van der Waals surface area contributed by atoms with Crippen LogP contribution in [0.3, 0.4) is 0 Å². The van der Waals surface area contributed by atoms with Crippen LogP contribution in [0.1, 0.15) is 29.7 Å². The molecule has 3 rings (SSSR count). The van der Waals surface area contributed by atoms with Crippen LogP contribution in [0.2, 0.25) is 0 Å². The Morgan fingerprint density at radius 1 is 0.882 bits per heavy atom. The van der Waals surface area contributed by atoms with Gasteiger partial charge in [-0.2, -0.15) is 0 Å². The zero-order chi connectivity index (χ0) is 24.3. The van der Waals surface area contributed by atoms with Crippen LogP contribution in [-0.2, 0) is 0 Å². The van der Waals surface area contributed by atoms with E-state index in [9.17, 15) is 4.39 Å². The highest BCUT2D eigenvalue weighted by atomic mass is 19.1. The first-order valence-corrected chi connectivity index (χ1v) is 11.5. The molecule has 0 amide bonds. The van der Waals surface area contributed by atoms with Crippen LogP contribution in [0.15, 0.2) is 103 Å². The van der Waals surface area contributed by atoms with Gasteiger partial charge in [-0.05, 0) is 41.3 Å². The number of nitrogens with two attached hydrogens (primary N) is 3. The van der Waals surface area contributed by atoms with Crippen molar-refractivity contribution in [3.8, 4) is 0 Å². The maximum Gasteiger partial charge on any atom is 0.123 e. The van der Waals surface area contributed by atoms with Crippen molar-refractivity contribution in [1.82, 2.24) is 9.91 Å². The fourth-order valence-electron chi connectivity index (χ4n) is 3.82. The molecule has 0 aliphatic carbocycles. The second-order valence-electron chi connectivity index (χ2n) is 8.22. The van der Waals surface area contributed by atoms with Gasteiger partial charge in [0.2, 0.25) is 0 Å². The van der Waals surface area contributed by atoms with Crippen molar-refractivity contribution in [2.75, 3.05) is 26.2 Å². The van der Waals surface area contributed by atoms with Crippen molar-refractivity contribution in [1.29, 1.82) is 0 Å². The minimum absolute atomic E-state index is 0.0499. The Morgan fingerprint density at radius 3 is 1.97 bits per heavy atom. The molecule has 6 heteroatoms. The lowest BCUT2D eigenvalue weighted by molar-refractivity contribution is 0.207. The molecule has 0 radical (unpaired) electrons. The van der Waals surface area contributed by atoms with E-state index in [1.54, 1.807) is 11.2 Å². The van der Waals surface area contributed by atoms with Gasteiger partial charge in [0.1, 0.15) is 5.82 Å². The summed E-state index contributed by atoms with van der Waals surface area (Å²) in [4.78, 5) is 2.31. The molecule has 6 N–H and O–H groups in total. The summed E-state index contributed by atoms with van der Waals surface area (Å²) in [5.41, 5.74) is 16.4. The molecule has 3 aromatic rings. The molecule has 0 aliphatic rings. The molecule has 34 heavy (non-hydrogen) atoms. The number of benzene rings is 3. The Kier molecular flexibility index (Phi) is 9.40. The SMILES string of the molecule is CC(c1ccc(F)cc1)N(CC=C(c1ccccc1)c1ccccc1)CCN(N)/C=C(\N)CN. The number of hydrazine groups is 1. The largest absolute Gasteiger partial charge is 0.400 e. The van der Waals surface area contributed by atoms with Crippen LogP contribution in [-0.4, -0.2) is 36.1 Å². The molecule has 0 aromatic heterocycles. The molecular weight excluding hydrogens is 425 g/mol. The fraction of sp³-hybridized carbons (Fsp3) is 0.214. The standard InChI is InChI=1S/C28H34FN5/c1-22(23-12-14-26(29)15-13-23)33(18-19-34(32)21-27(31)20-30)17-16-28(24-8-4-2-5-9-24)25-10-6-3-7-11-25/h2-16,21-22H,17-20,30-32H2,1H3/b27-21-. The molecule has 0 saturated heterocycles. The number of hydrogen-bond donors (Lipinski definition) is 3. The lowest BCUT2D eigenvalue weighted by Gasteiger charge is -2.30. The molecule has 1 unspecified atom stereocenters. The summed E-state index contributed by atoms with van der Waals surface area (Å²) in [5, 5.41) is 1.56. The molecule has 0 saturated carbocycles. The zero-order valence-corrected chi connectivity index (χ0v) is 19.6. The third kappa shape index (κ3) is 7.28. The van der Waals surface area contributed by atoms with Gasteiger partial charge in [0.25, 0.3) is 0 Å². The van der Waals surface area contributed by atoms with Gasteiger partial charge in [-0.25, -0.2) is 10.2 Å². The van der Waals surface area contributed by atoms with E-state index >= 15 is 0 Å². The summed E-state index contributed by atoms with van der Waals surface area (Å²) in [6, 6.07) is 27.4. The quantitative estimate of drug-likeness (QED) is 0.295. The van der Waals surface area contributed by atoms with Gasteiger partial charge >= 0.3 is 0 Å². The average molecular weight is 460 g/mol. The molecule has 3 aromatic carbocycles. The number of nitrogens with zero attached hydrogens (tertiary/aromatic N) is 2. The predicted molar refractivity (Wildman–Crippen MR) is 139 cm³/mol. The van der Waals surface area contributed by atoms with Gasteiger partial charge in [-0.3, -0.25) is 4.90 Å². The maximum atomic E-state index is 13.5. The average Bonchev–Trinajstić information content (AvgIpc) is 2.87. The van der Waals surface area contributed by atoms with Crippen LogP contribution in [0.5, 0.6) is 0 Å². The zero-order valence-electron chi connectivity index (χ0n) is 19.6. The first-order valence-electron chi connectivity index (χ1n) is 11.5. The summed E-state index contributed by atoms with van der Waals surface area (Å²) in [7, 11) is 0. The molecule has 0 heterocycles. The van der Waals surface area contributed by atoms with Crippen molar-refractivity contribution < 1.29 is 4.39 Å². The minimum Gasteiger partial charge on any atom is -0.400 e. The third-order valence-electron chi connectivity index (χ3n) is 5.81. The fourth-order valence-corrected chi connectivity index (χ4v) is 3.82.